The molecule has 5 heteroatoms. The number of thioether (sulfide) groups is 1. The maximum Gasteiger partial charge on any atom is 0.195 e. The molecule has 1 unspecified atom stereocenters. The fraction of sp³-hybridized carbons (Fsp3) is 0.455. The molecular weight excluding hydrogens is 220 g/mol. The van der Waals surface area contributed by atoms with Gasteiger partial charge in [0.1, 0.15) is 0 Å². The van der Waals surface area contributed by atoms with E-state index in [1.807, 2.05) is 28.8 Å². The van der Waals surface area contributed by atoms with Crippen molar-refractivity contribution in [3.8, 4) is 0 Å². The first-order valence-electron chi connectivity index (χ1n) is 5.57. The van der Waals surface area contributed by atoms with Crippen LogP contribution in [0.3, 0.4) is 0 Å². The fourth-order valence-corrected chi connectivity index (χ4v) is 3.03. The van der Waals surface area contributed by atoms with Gasteiger partial charge in [0, 0.05) is 11.9 Å². The molecule has 1 aliphatic heterocycles. The van der Waals surface area contributed by atoms with Crippen LogP contribution in [0.4, 0.5) is 0 Å². The van der Waals surface area contributed by atoms with Crippen LogP contribution < -0.4 is 5.32 Å². The summed E-state index contributed by atoms with van der Waals surface area (Å²) in [6, 6.07) is 5.98. The van der Waals surface area contributed by atoms with Crippen molar-refractivity contribution in [1.82, 2.24) is 19.9 Å². The van der Waals surface area contributed by atoms with E-state index in [0.29, 0.717) is 0 Å². The predicted molar refractivity (Wildman–Crippen MR) is 64.7 cm³/mol. The van der Waals surface area contributed by atoms with Crippen molar-refractivity contribution < 1.29 is 0 Å². The molecule has 1 saturated heterocycles. The molecule has 3 heterocycles. The first-order chi connectivity index (χ1) is 7.93. The van der Waals surface area contributed by atoms with E-state index in [0.717, 1.165) is 35.6 Å². The summed E-state index contributed by atoms with van der Waals surface area (Å²) < 4.78 is 2.05. The monoisotopic (exact) mass is 234 g/mol. The summed E-state index contributed by atoms with van der Waals surface area (Å²) in [5, 5.41) is 12.7. The van der Waals surface area contributed by atoms with E-state index in [2.05, 4.69) is 15.5 Å². The third-order valence-corrected chi connectivity index (χ3v) is 4.07. The van der Waals surface area contributed by atoms with Crippen molar-refractivity contribution in [2.45, 2.75) is 11.6 Å². The van der Waals surface area contributed by atoms with Gasteiger partial charge in [-0.3, -0.25) is 4.40 Å². The van der Waals surface area contributed by atoms with Gasteiger partial charge in [-0.15, -0.1) is 10.2 Å². The molecule has 16 heavy (non-hydrogen) atoms. The molecule has 0 spiro atoms. The second kappa shape index (κ2) is 4.43. The van der Waals surface area contributed by atoms with Crippen LogP contribution in [0.15, 0.2) is 29.6 Å². The van der Waals surface area contributed by atoms with Crippen LogP contribution >= 0.6 is 11.8 Å². The zero-order valence-corrected chi connectivity index (χ0v) is 9.78. The zero-order valence-electron chi connectivity index (χ0n) is 8.97. The lowest BCUT2D eigenvalue weighted by Gasteiger charge is -2.05. The van der Waals surface area contributed by atoms with Crippen molar-refractivity contribution in [2.75, 3.05) is 18.8 Å². The number of hydrogen-bond donors (Lipinski definition) is 1. The van der Waals surface area contributed by atoms with Crippen molar-refractivity contribution in [2.24, 2.45) is 5.92 Å². The van der Waals surface area contributed by atoms with Crippen LogP contribution in [0, 0.1) is 5.92 Å². The third-order valence-electron chi connectivity index (χ3n) is 2.89. The SMILES string of the molecule is c1ccn2c(SCC3CCNC3)nnc2c1. The van der Waals surface area contributed by atoms with Gasteiger partial charge in [-0.25, -0.2) is 0 Å². The topological polar surface area (TPSA) is 42.2 Å². The Balaban J connectivity index is 1.73. The molecule has 1 atom stereocenters. The first kappa shape index (κ1) is 10.1. The number of fused-ring (bicyclic) bond motifs is 1. The highest BCUT2D eigenvalue weighted by Crippen LogP contribution is 2.22. The highest BCUT2D eigenvalue weighted by molar-refractivity contribution is 7.99. The van der Waals surface area contributed by atoms with E-state index in [1.54, 1.807) is 11.8 Å². The molecule has 1 aliphatic rings. The minimum atomic E-state index is 0.779. The van der Waals surface area contributed by atoms with Crippen LogP contribution in [0.5, 0.6) is 0 Å². The predicted octanol–water partition coefficient (Wildman–Crippen LogP) is 1.43. The molecule has 0 bridgehead atoms. The maximum atomic E-state index is 4.21. The first-order valence-corrected chi connectivity index (χ1v) is 6.55. The van der Waals surface area contributed by atoms with Gasteiger partial charge >= 0.3 is 0 Å². The van der Waals surface area contributed by atoms with E-state index in [4.69, 9.17) is 0 Å². The van der Waals surface area contributed by atoms with E-state index in [9.17, 15) is 0 Å². The average molecular weight is 234 g/mol. The Bertz CT molecular complexity index is 476. The van der Waals surface area contributed by atoms with Gasteiger partial charge in [-0.1, -0.05) is 17.8 Å². The Morgan fingerprint density at radius 2 is 2.44 bits per heavy atom. The summed E-state index contributed by atoms with van der Waals surface area (Å²) in [5.41, 5.74) is 0.926. The number of rotatable bonds is 3. The molecule has 0 aromatic carbocycles. The lowest BCUT2D eigenvalue weighted by atomic mass is 10.2. The molecule has 2 aromatic rings. The van der Waals surface area contributed by atoms with Crippen molar-refractivity contribution in [1.29, 1.82) is 0 Å². The molecule has 0 aliphatic carbocycles. The lowest BCUT2D eigenvalue weighted by molar-refractivity contribution is 0.661. The van der Waals surface area contributed by atoms with E-state index in [-0.39, 0.29) is 0 Å². The summed E-state index contributed by atoms with van der Waals surface area (Å²) >= 11 is 1.80. The Morgan fingerprint density at radius 1 is 1.44 bits per heavy atom. The summed E-state index contributed by atoms with van der Waals surface area (Å²) in [5.74, 6) is 1.91. The van der Waals surface area contributed by atoms with Crippen LogP contribution in [0.2, 0.25) is 0 Å². The van der Waals surface area contributed by atoms with Crippen molar-refractivity contribution in [3.05, 3.63) is 24.4 Å². The number of nitrogens with one attached hydrogen (secondary N) is 1. The van der Waals surface area contributed by atoms with Gasteiger partial charge in [-0.2, -0.15) is 0 Å². The molecule has 0 amide bonds. The molecule has 3 rings (SSSR count). The molecule has 84 valence electrons. The number of aromatic nitrogens is 3. The van der Waals surface area contributed by atoms with Crippen molar-refractivity contribution >= 4 is 17.4 Å². The highest BCUT2D eigenvalue weighted by atomic mass is 32.2. The Kier molecular flexibility index (Phi) is 2.80. The molecular formula is C11H14N4S. The molecule has 0 radical (unpaired) electrons. The summed E-state index contributed by atoms with van der Waals surface area (Å²) in [6.45, 7) is 2.30. The van der Waals surface area contributed by atoms with Crippen LogP contribution in [0.1, 0.15) is 6.42 Å². The minimum absolute atomic E-state index is 0.779. The van der Waals surface area contributed by atoms with Gasteiger partial charge in [0.15, 0.2) is 10.8 Å². The summed E-state index contributed by atoms with van der Waals surface area (Å²) in [7, 11) is 0. The number of pyridine rings is 1. The van der Waals surface area contributed by atoms with Crippen LogP contribution in [-0.2, 0) is 0 Å². The van der Waals surface area contributed by atoms with Crippen LogP contribution in [-0.4, -0.2) is 33.4 Å². The summed E-state index contributed by atoms with van der Waals surface area (Å²) in [6.07, 6.45) is 3.30. The quantitative estimate of drug-likeness (QED) is 0.816. The zero-order chi connectivity index (χ0) is 10.8. The standard InChI is InChI=1S/C11H14N4S/c1-2-6-15-10(3-1)13-14-11(15)16-8-9-4-5-12-7-9/h1-3,6,9,12H,4-5,7-8H2. The fourth-order valence-electron chi connectivity index (χ4n) is 1.97. The maximum absolute atomic E-state index is 4.21. The van der Waals surface area contributed by atoms with Gasteiger partial charge in [0.05, 0.1) is 0 Å². The van der Waals surface area contributed by atoms with Crippen LogP contribution in [0.25, 0.3) is 5.65 Å². The average Bonchev–Trinajstić information content (AvgIpc) is 2.96. The lowest BCUT2D eigenvalue weighted by Crippen LogP contribution is -2.10. The van der Waals surface area contributed by atoms with Gasteiger partial charge in [0.25, 0.3) is 0 Å². The second-order valence-electron chi connectivity index (χ2n) is 4.08. The molecule has 4 nitrogen and oxygen atoms in total. The number of hydrogen-bond acceptors (Lipinski definition) is 4. The van der Waals surface area contributed by atoms with Crippen molar-refractivity contribution in [3.63, 3.8) is 0 Å². The van der Waals surface area contributed by atoms with Gasteiger partial charge < -0.3 is 5.32 Å². The second-order valence-corrected chi connectivity index (χ2v) is 5.07. The van der Waals surface area contributed by atoms with E-state index < -0.39 is 0 Å². The normalized spacial score (nSPS) is 20.6. The van der Waals surface area contributed by atoms with E-state index in [1.165, 1.54) is 6.42 Å². The Labute approximate surface area is 98.4 Å². The molecule has 1 N–H and O–H groups in total. The highest BCUT2D eigenvalue weighted by Gasteiger charge is 2.15. The molecule has 1 fully saturated rings. The van der Waals surface area contributed by atoms with E-state index >= 15 is 0 Å². The minimum Gasteiger partial charge on any atom is -0.316 e. The summed E-state index contributed by atoms with van der Waals surface area (Å²) in [4.78, 5) is 0. The Hall–Kier alpha value is -1.07. The van der Waals surface area contributed by atoms with Gasteiger partial charge in [0.2, 0.25) is 0 Å². The smallest absolute Gasteiger partial charge is 0.195 e. The Morgan fingerprint density at radius 3 is 3.31 bits per heavy atom. The molecule has 2 aromatic heterocycles. The largest absolute Gasteiger partial charge is 0.316 e. The van der Waals surface area contributed by atoms with Gasteiger partial charge in [-0.05, 0) is 37.6 Å². The molecule has 0 saturated carbocycles. The number of nitrogens with zero attached hydrogens (tertiary/aromatic N) is 3. The third kappa shape index (κ3) is 1.92.